The molecule has 8 heteroatoms. The molecule has 1 aromatic rings. The van der Waals surface area contributed by atoms with Gasteiger partial charge < -0.3 is 24.4 Å². The molecule has 1 aliphatic heterocycles. The van der Waals surface area contributed by atoms with Gasteiger partial charge in [-0.1, -0.05) is 6.07 Å². The monoisotopic (exact) mass is 393 g/mol. The zero-order valence-electron chi connectivity index (χ0n) is 17.8. The van der Waals surface area contributed by atoms with Crippen LogP contribution in [0, 0.1) is 0 Å². The van der Waals surface area contributed by atoms with Gasteiger partial charge in [0.15, 0.2) is 0 Å². The number of carbonyl (C=O) groups is 2. The lowest BCUT2D eigenvalue weighted by molar-refractivity contribution is -0.0214. The number of hydrogen-bond acceptors (Lipinski definition) is 6. The lowest BCUT2D eigenvalue weighted by Gasteiger charge is -2.50. The zero-order valence-corrected chi connectivity index (χ0v) is 17.8. The van der Waals surface area contributed by atoms with Gasteiger partial charge >= 0.3 is 12.2 Å². The number of nitrogens with zero attached hydrogens (tertiary/aromatic N) is 2. The van der Waals surface area contributed by atoms with Crippen LogP contribution >= 0.6 is 0 Å². The minimum atomic E-state index is -0.643. The molecule has 2 heterocycles. The van der Waals surface area contributed by atoms with Gasteiger partial charge in [-0.3, -0.25) is 0 Å². The molecular formula is C20H31N3O5. The Balaban J connectivity index is 2.11. The predicted molar refractivity (Wildman–Crippen MR) is 104 cm³/mol. The van der Waals surface area contributed by atoms with Gasteiger partial charge in [-0.2, -0.15) is 0 Å². The standard InChI is InChI=1S/C20H31N3O5/c1-18(2,3)27-16(24)22-20(10-14-8-9-15(26-7)21-11-14)12-23(13-20)17(25)28-19(4,5)6/h8-9,11H,10,12-13H2,1-7H3,(H,22,24). The third kappa shape index (κ3) is 6.28. The van der Waals surface area contributed by atoms with Gasteiger partial charge in [-0.15, -0.1) is 0 Å². The van der Waals surface area contributed by atoms with Crippen molar-refractivity contribution in [3.05, 3.63) is 23.9 Å². The molecule has 0 saturated carbocycles. The maximum absolute atomic E-state index is 12.4. The summed E-state index contributed by atoms with van der Waals surface area (Å²) < 4.78 is 15.9. The van der Waals surface area contributed by atoms with Crippen molar-refractivity contribution in [3.63, 3.8) is 0 Å². The minimum absolute atomic E-state index is 0.327. The second-order valence-corrected chi connectivity index (χ2v) is 9.13. The van der Waals surface area contributed by atoms with Crippen LogP contribution in [-0.2, 0) is 15.9 Å². The van der Waals surface area contributed by atoms with Crippen LogP contribution in [0.25, 0.3) is 0 Å². The zero-order chi connectivity index (χ0) is 21.2. The van der Waals surface area contributed by atoms with Crippen molar-refractivity contribution < 1.29 is 23.8 Å². The van der Waals surface area contributed by atoms with Gasteiger partial charge in [0.2, 0.25) is 5.88 Å². The molecule has 156 valence electrons. The van der Waals surface area contributed by atoms with Crippen LogP contribution in [0.1, 0.15) is 47.1 Å². The number of amides is 2. The summed E-state index contributed by atoms with van der Waals surface area (Å²) in [5.74, 6) is 0.516. The third-order valence-electron chi connectivity index (χ3n) is 3.95. The van der Waals surface area contributed by atoms with E-state index in [2.05, 4.69) is 10.3 Å². The molecule has 0 spiro atoms. The first kappa shape index (κ1) is 21.8. The highest BCUT2D eigenvalue weighted by molar-refractivity contribution is 5.73. The molecule has 0 radical (unpaired) electrons. The molecule has 2 rings (SSSR count). The fourth-order valence-corrected chi connectivity index (χ4v) is 2.92. The number of alkyl carbamates (subject to hydrolysis) is 1. The van der Waals surface area contributed by atoms with Crippen molar-refractivity contribution in [2.24, 2.45) is 0 Å². The van der Waals surface area contributed by atoms with Gasteiger partial charge in [0.1, 0.15) is 11.2 Å². The summed E-state index contributed by atoms with van der Waals surface area (Å²) in [4.78, 5) is 30.4. The first-order valence-electron chi connectivity index (χ1n) is 9.29. The highest BCUT2D eigenvalue weighted by atomic mass is 16.6. The molecule has 1 fully saturated rings. The average Bonchev–Trinajstić information content (AvgIpc) is 2.49. The smallest absolute Gasteiger partial charge is 0.410 e. The number of rotatable bonds is 4. The van der Waals surface area contributed by atoms with Gasteiger partial charge in [-0.25, -0.2) is 14.6 Å². The number of hydrogen-bond donors (Lipinski definition) is 1. The molecule has 0 atom stereocenters. The average molecular weight is 393 g/mol. The van der Waals surface area contributed by atoms with E-state index in [4.69, 9.17) is 14.2 Å². The van der Waals surface area contributed by atoms with E-state index in [0.29, 0.717) is 25.4 Å². The molecule has 1 aromatic heterocycles. The summed E-state index contributed by atoms with van der Waals surface area (Å²) in [6.07, 6.45) is 1.29. The highest BCUT2D eigenvalue weighted by Crippen LogP contribution is 2.28. The van der Waals surface area contributed by atoms with E-state index in [1.807, 2.05) is 26.8 Å². The van der Waals surface area contributed by atoms with Crippen LogP contribution in [0.2, 0.25) is 0 Å². The SMILES string of the molecule is COc1ccc(CC2(NC(=O)OC(C)(C)C)CN(C(=O)OC(C)(C)C)C2)cn1. The molecular weight excluding hydrogens is 362 g/mol. The maximum Gasteiger partial charge on any atom is 0.410 e. The van der Waals surface area contributed by atoms with Crippen LogP contribution in [0.15, 0.2) is 18.3 Å². The molecule has 1 saturated heterocycles. The van der Waals surface area contributed by atoms with E-state index in [1.54, 1.807) is 45.0 Å². The lowest BCUT2D eigenvalue weighted by Crippen LogP contribution is -2.72. The Bertz CT molecular complexity index is 698. The molecule has 1 N–H and O–H groups in total. The minimum Gasteiger partial charge on any atom is -0.481 e. The summed E-state index contributed by atoms with van der Waals surface area (Å²) in [6, 6.07) is 3.65. The van der Waals surface area contributed by atoms with Crippen molar-refractivity contribution in [2.75, 3.05) is 20.2 Å². The van der Waals surface area contributed by atoms with Gasteiger partial charge in [0, 0.05) is 31.8 Å². The van der Waals surface area contributed by atoms with Crippen LogP contribution < -0.4 is 10.1 Å². The van der Waals surface area contributed by atoms with Gasteiger partial charge in [0.05, 0.1) is 12.6 Å². The van der Waals surface area contributed by atoms with Crippen LogP contribution in [0.3, 0.4) is 0 Å². The van der Waals surface area contributed by atoms with Crippen LogP contribution in [-0.4, -0.2) is 59.0 Å². The Kier molecular flexibility index (Phi) is 6.11. The molecule has 0 bridgehead atoms. The number of pyridine rings is 1. The van der Waals surface area contributed by atoms with Crippen molar-refractivity contribution in [2.45, 2.75) is 64.7 Å². The van der Waals surface area contributed by atoms with E-state index in [1.165, 1.54) is 0 Å². The number of likely N-dealkylation sites (tertiary alicyclic amines) is 1. The maximum atomic E-state index is 12.4. The van der Waals surface area contributed by atoms with Crippen molar-refractivity contribution in [3.8, 4) is 5.88 Å². The highest BCUT2D eigenvalue weighted by Gasteiger charge is 2.48. The molecule has 1 aliphatic rings. The molecule has 0 unspecified atom stereocenters. The number of carbonyl (C=O) groups excluding carboxylic acids is 2. The normalized spacial score (nSPS) is 16.0. The number of methoxy groups -OCH3 is 1. The molecule has 0 aliphatic carbocycles. The quantitative estimate of drug-likeness (QED) is 0.845. The fourth-order valence-electron chi connectivity index (χ4n) is 2.92. The summed E-state index contributed by atoms with van der Waals surface area (Å²) in [5.41, 5.74) is -0.911. The molecule has 8 nitrogen and oxygen atoms in total. The van der Waals surface area contributed by atoms with E-state index in [9.17, 15) is 9.59 Å². The van der Waals surface area contributed by atoms with Gasteiger partial charge in [-0.05, 0) is 47.1 Å². The van der Waals surface area contributed by atoms with Crippen LogP contribution in [0.4, 0.5) is 9.59 Å². The van der Waals surface area contributed by atoms with E-state index in [0.717, 1.165) is 5.56 Å². The summed E-state index contributed by atoms with van der Waals surface area (Å²) in [6.45, 7) is 11.5. The number of nitrogens with one attached hydrogen (secondary N) is 1. The van der Waals surface area contributed by atoms with Crippen LogP contribution in [0.5, 0.6) is 5.88 Å². The first-order valence-corrected chi connectivity index (χ1v) is 9.29. The topological polar surface area (TPSA) is 90.0 Å². The summed E-state index contributed by atoms with van der Waals surface area (Å²) in [7, 11) is 1.55. The Morgan fingerprint density at radius 1 is 1.11 bits per heavy atom. The number of ether oxygens (including phenoxy) is 3. The van der Waals surface area contributed by atoms with Gasteiger partial charge in [0.25, 0.3) is 0 Å². The van der Waals surface area contributed by atoms with Crippen molar-refractivity contribution in [1.82, 2.24) is 15.2 Å². The van der Waals surface area contributed by atoms with Crippen molar-refractivity contribution in [1.29, 1.82) is 0 Å². The summed E-state index contributed by atoms with van der Waals surface area (Å²) in [5, 5.41) is 2.94. The first-order chi connectivity index (χ1) is 12.8. The molecule has 0 aromatic carbocycles. The van der Waals surface area contributed by atoms with E-state index in [-0.39, 0.29) is 0 Å². The Labute approximate surface area is 166 Å². The second kappa shape index (κ2) is 7.85. The Hall–Kier alpha value is -2.51. The predicted octanol–water partition coefficient (Wildman–Crippen LogP) is 3.15. The lowest BCUT2D eigenvalue weighted by atomic mass is 9.84. The molecule has 28 heavy (non-hydrogen) atoms. The second-order valence-electron chi connectivity index (χ2n) is 9.13. The Morgan fingerprint density at radius 2 is 1.71 bits per heavy atom. The molecule has 2 amide bonds. The fraction of sp³-hybridized carbons (Fsp3) is 0.650. The Morgan fingerprint density at radius 3 is 2.18 bits per heavy atom. The van der Waals surface area contributed by atoms with E-state index < -0.39 is 28.9 Å². The summed E-state index contributed by atoms with van der Waals surface area (Å²) >= 11 is 0. The largest absolute Gasteiger partial charge is 0.481 e. The third-order valence-corrected chi connectivity index (χ3v) is 3.95. The van der Waals surface area contributed by atoms with E-state index >= 15 is 0 Å². The van der Waals surface area contributed by atoms with Crippen molar-refractivity contribution >= 4 is 12.2 Å². The number of aromatic nitrogens is 1.